The van der Waals surface area contributed by atoms with E-state index in [1.807, 2.05) is 19.2 Å². The summed E-state index contributed by atoms with van der Waals surface area (Å²) in [4.78, 5) is 12.4. The molecule has 0 unspecified atom stereocenters. The van der Waals surface area contributed by atoms with Gasteiger partial charge in [0.25, 0.3) is 5.56 Å². The SMILES string of the molecule is Cc1cn(C2CC2)c(=O)c(C#N)c1-c1cccc(O)c1. The highest BCUT2D eigenvalue weighted by atomic mass is 16.3. The third-order valence-corrected chi connectivity index (χ3v) is 3.61. The minimum Gasteiger partial charge on any atom is -0.508 e. The number of aromatic nitrogens is 1. The number of hydrogen-bond donors (Lipinski definition) is 1. The van der Waals surface area contributed by atoms with Crippen LogP contribution < -0.4 is 5.56 Å². The van der Waals surface area contributed by atoms with Crippen molar-refractivity contribution >= 4 is 0 Å². The number of nitriles is 1. The Morgan fingerprint density at radius 1 is 1.40 bits per heavy atom. The number of aromatic hydroxyl groups is 1. The Morgan fingerprint density at radius 2 is 2.15 bits per heavy atom. The van der Waals surface area contributed by atoms with Crippen LogP contribution in [0.25, 0.3) is 11.1 Å². The van der Waals surface area contributed by atoms with Gasteiger partial charge in [-0.25, -0.2) is 0 Å². The zero-order valence-corrected chi connectivity index (χ0v) is 11.1. The third kappa shape index (κ3) is 1.97. The van der Waals surface area contributed by atoms with Gasteiger partial charge < -0.3 is 9.67 Å². The lowest BCUT2D eigenvalue weighted by molar-refractivity contribution is 0.475. The van der Waals surface area contributed by atoms with Gasteiger partial charge in [-0.3, -0.25) is 4.79 Å². The van der Waals surface area contributed by atoms with Crippen LogP contribution in [0, 0.1) is 18.3 Å². The Morgan fingerprint density at radius 3 is 2.75 bits per heavy atom. The fraction of sp³-hybridized carbons (Fsp3) is 0.250. The van der Waals surface area contributed by atoms with Crippen molar-refractivity contribution in [3.8, 4) is 22.9 Å². The zero-order chi connectivity index (χ0) is 14.3. The molecule has 20 heavy (non-hydrogen) atoms. The maximum atomic E-state index is 12.4. The summed E-state index contributed by atoms with van der Waals surface area (Å²) in [5.74, 6) is 0.122. The van der Waals surface area contributed by atoms with Gasteiger partial charge in [0, 0.05) is 17.8 Å². The summed E-state index contributed by atoms with van der Waals surface area (Å²) in [5, 5.41) is 18.9. The molecule has 4 nitrogen and oxygen atoms in total. The highest BCUT2D eigenvalue weighted by Crippen LogP contribution is 2.35. The fourth-order valence-corrected chi connectivity index (χ4v) is 2.53. The molecule has 3 rings (SSSR count). The van der Waals surface area contributed by atoms with Crippen molar-refractivity contribution < 1.29 is 5.11 Å². The number of phenols is 1. The van der Waals surface area contributed by atoms with E-state index in [9.17, 15) is 15.2 Å². The maximum absolute atomic E-state index is 12.4. The van der Waals surface area contributed by atoms with E-state index in [4.69, 9.17) is 0 Å². The Bertz CT molecular complexity index is 780. The van der Waals surface area contributed by atoms with E-state index < -0.39 is 0 Å². The second kappa shape index (κ2) is 4.53. The number of phenolic OH excluding ortho intramolecular Hbond substituents is 1. The molecule has 1 saturated carbocycles. The van der Waals surface area contributed by atoms with Gasteiger partial charge >= 0.3 is 0 Å². The monoisotopic (exact) mass is 266 g/mol. The zero-order valence-electron chi connectivity index (χ0n) is 11.1. The minimum atomic E-state index is -0.237. The number of rotatable bonds is 2. The second-order valence-corrected chi connectivity index (χ2v) is 5.17. The van der Waals surface area contributed by atoms with Gasteiger partial charge in [-0.05, 0) is 43.0 Å². The van der Waals surface area contributed by atoms with Gasteiger partial charge in [0.1, 0.15) is 17.4 Å². The maximum Gasteiger partial charge on any atom is 0.269 e. The highest BCUT2D eigenvalue weighted by Gasteiger charge is 2.27. The van der Waals surface area contributed by atoms with Crippen LogP contribution in [0.3, 0.4) is 0 Å². The van der Waals surface area contributed by atoms with Crippen LogP contribution in [0.4, 0.5) is 0 Å². The predicted molar refractivity (Wildman–Crippen MR) is 75.5 cm³/mol. The van der Waals surface area contributed by atoms with Crippen LogP contribution >= 0.6 is 0 Å². The van der Waals surface area contributed by atoms with Crippen molar-refractivity contribution in [2.75, 3.05) is 0 Å². The Hall–Kier alpha value is -2.54. The third-order valence-electron chi connectivity index (χ3n) is 3.61. The molecule has 1 N–H and O–H groups in total. The molecule has 0 saturated heterocycles. The number of hydrogen-bond acceptors (Lipinski definition) is 3. The van der Waals surface area contributed by atoms with Crippen LogP contribution in [0.15, 0.2) is 35.3 Å². The summed E-state index contributed by atoms with van der Waals surface area (Å²) in [6.45, 7) is 1.89. The van der Waals surface area contributed by atoms with Gasteiger partial charge in [0.05, 0.1) is 0 Å². The molecule has 2 aromatic rings. The largest absolute Gasteiger partial charge is 0.508 e. The molecule has 0 spiro atoms. The molecule has 4 heteroatoms. The highest BCUT2D eigenvalue weighted by molar-refractivity contribution is 5.74. The molecule has 1 aromatic carbocycles. The van der Waals surface area contributed by atoms with Crippen LogP contribution in [-0.4, -0.2) is 9.67 Å². The molecule has 0 aliphatic heterocycles. The van der Waals surface area contributed by atoms with E-state index in [1.54, 1.807) is 28.8 Å². The summed E-state index contributed by atoms with van der Waals surface area (Å²) in [7, 11) is 0. The molecule has 1 aliphatic carbocycles. The molecule has 100 valence electrons. The van der Waals surface area contributed by atoms with Gasteiger partial charge in [-0.15, -0.1) is 0 Å². The van der Waals surface area contributed by atoms with Gasteiger partial charge in [0.2, 0.25) is 0 Å². The van der Waals surface area contributed by atoms with E-state index >= 15 is 0 Å². The summed E-state index contributed by atoms with van der Waals surface area (Å²) < 4.78 is 1.67. The van der Waals surface area contributed by atoms with Crippen molar-refractivity contribution in [2.45, 2.75) is 25.8 Å². The van der Waals surface area contributed by atoms with Crippen molar-refractivity contribution in [1.82, 2.24) is 4.57 Å². The molecule has 0 amide bonds. The first-order valence-electron chi connectivity index (χ1n) is 6.57. The molecular formula is C16H14N2O2. The topological polar surface area (TPSA) is 66.0 Å². The quantitative estimate of drug-likeness (QED) is 0.908. The number of benzene rings is 1. The van der Waals surface area contributed by atoms with E-state index in [-0.39, 0.29) is 22.9 Å². The van der Waals surface area contributed by atoms with Crippen molar-refractivity contribution in [2.24, 2.45) is 0 Å². The molecule has 0 radical (unpaired) electrons. The second-order valence-electron chi connectivity index (χ2n) is 5.17. The van der Waals surface area contributed by atoms with Crippen LogP contribution in [0.1, 0.15) is 30.0 Å². The molecular weight excluding hydrogens is 252 g/mol. The Kier molecular flexibility index (Phi) is 2.83. The van der Waals surface area contributed by atoms with E-state index in [2.05, 4.69) is 0 Å². The first-order chi connectivity index (χ1) is 9.61. The van der Waals surface area contributed by atoms with Crippen LogP contribution in [0.2, 0.25) is 0 Å². The van der Waals surface area contributed by atoms with E-state index in [0.717, 1.165) is 18.4 Å². The molecule has 1 fully saturated rings. The van der Waals surface area contributed by atoms with Gasteiger partial charge in [-0.2, -0.15) is 5.26 Å². The summed E-state index contributed by atoms with van der Waals surface area (Å²) in [5.41, 5.74) is 2.10. The summed E-state index contributed by atoms with van der Waals surface area (Å²) in [6.07, 6.45) is 3.81. The molecule has 1 heterocycles. The van der Waals surface area contributed by atoms with Crippen molar-refractivity contribution in [3.05, 3.63) is 51.9 Å². The van der Waals surface area contributed by atoms with Crippen molar-refractivity contribution in [3.63, 3.8) is 0 Å². The van der Waals surface area contributed by atoms with Crippen LogP contribution in [-0.2, 0) is 0 Å². The molecule has 0 bridgehead atoms. The number of nitrogens with zero attached hydrogens (tertiary/aromatic N) is 2. The van der Waals surface area contributed by atoms with Gasteiger partial charge in [-0.1, -0.05) is 12.1 Å². The first-order valence-corrected chi connectivity index (χ1v) is 6.57. The summed E-state index contributed by atoms with van der Waals surface area (Å²) in [6, 6.07) is 8.91. The van der Waals surface area contributed by atoms with E-state index in [1.165, 1.54) is 0 Å². The Balaban J connectivity index is 2.28. The number of pyridine rings is 1. The average Bonchev–Trinajstić information content (AvgIpc) is 3.24. The molecule has 1 aromatic heterocycles. The molecule has 1 aliphatic rings. The predicted octanol–water partition coefficient (Wildman–Crippen LogP) is 2.74. The van der Waals surface area contributed by atoms with Crippen molar-refractivity contribution in [1.29, 1.82) is 5.26 Å². The lowest BCUT2D eigenvalue weighted by Gasteiger charge is -2.12. The normalized spacial score (nSPS) is 14.0. The minimum absolute atomic E-state index is 0.122. The number of aryl methyl sites for hydroxylation is 1. The smallest absolute Gasteiger partial charge is 0.269 e. The fourth-order valence-electron chi connectivity index (χ4n) is 2.53. The first kappa shape index (κ1) is 12.5. The standard InChI is InChI=1S/C16H14N2O2/c1-10-9-18(12-5-6-12)16(20)14(8-17)15(10)11-3-2-4-13(19)7-11/h2-4,7,9,12,19H,5-6H2,1H3. The average molecular weight is 266 g/mol. The van der Waals surface area contributed by atoms with Crippen LogP contribution in [0.5, 0.6) is 5.75 Å². The Labute approximate surface area is 116 Å². The lowest BCUT2D eigenvalue weighted by Crippen LogP contribution is -2.23. The lowest BCUT2D eigenvalue weighted by atomic mass is 9.97. The van der Waals surface area contributed by atoms with E-state index in [0.29, 0.717) is 11.1 Å². The molecule has 0 atom stereocenters. The summed E-state index contributed by atoms with van der Waals surface area (Å²) >= 11 is 0. The van der Waals surface area contributed by atoms with Gasteiger partial charge in [0.15, 0.2) is 0 Å².